The number of nitro groups is 1. The largest absolute Gasteiger partial charge is 0.285 e. The summed E-state index contributed by atoms with van der Waals surface area (Å²) in [4.78, 5) is 37.7. The second-order valence-electron chi connectivity index (χ2n) is 5.17. The number of rotatable bonds is 5. The molecule has 1 aliphatic heterocycles. The second-order valence-corrected chi connectivity index (χ2v) is 5.53. The summed E-state index contributed by atoms with van der Waals surface area (Å²) in [5, 5.41) is 10.9. The second kappa shape index (κ2) is 7.80. The Balaban J connectivity index is 2.25. The van der Waals surface area contributed by atoms with Gasteiger partial charge in [0, 0.05) is 25.2 Å². The summed E-state index contributed by atoms with van der Waals surface area (Å²) in [5.41, 5.74) is 0.752. The maximum atomic E-state index is 12.4. The van der Waals surface area contributed by atoms with Gasteiger partial charge < -0.3 is 0 Å². The van der Waals surface area contributed by atoms with Crippen LogP contribution in [0.15, 0.2) is 42.0 Å². The molecule has 25 heavy (non-hydrogen) atoms. The van der Waals surface area contributed by atoms with E-state index >= 15 is 0 Å². The van der Waals surface area contributed by atoms with Crippen molar-refractivity contribution in [2.24, 2.45) is 0 Å². The maximum Gasteiger partial charge on any atom is 0.269 e. The number of benzene rings is 1. The SMILES string of the molecule is CCN1C(=O)C(=CC=Cc2ccc([N+](=O)[O-])cc2)C(=O)N(CC)C1=S. The van der Waals surface area contributed by atoms with Crippen LogP contribution in [0.2, 0.25) is 0 Å². The third-order valence-electron chi connectivity index (χ3n) is 3.70. The van der Waals surface area contributed by atoms with Crippen LogP contribution in [0.25, 0.3) is 6.08 Å². The molecule has 2 rings (SSSR count). The van der Waals surface area contributed by atoms with Gasteiger partial charge in [0.05, 0.1) is 4.92 Å². The van der Waals surface area contributed by atoms with E-state index in [0.717, 1.165) is 0 Å². The highest BCUT2D eigenvalue weighted by atomic mass is 32.1. The quantitative estimate of drug-likeness (QED) is 0.265. The van der Waals surface area contributed by atoms with E-state index in [4.69, 9.17) is 12.2 Å². The number of likely N-dealkylation sites (N-methyl/N-ethyl adjacent to an activating group) is 2. The van der Waals surface area contributed by atoms with Crippen molar-refractivity contribution in [1.82, 2.24) is 9.80 Å². The number of allylic oxidation sites excluding steroid dienone is 2. The molecule has 1 saturated heterocycles. The van der Waals surface area contributed by atoms with Crippen LogP contribution in [-0.4, -0.2) is 44.7 Å². The predicted molar refractivity (Wildman–Crippen MR) is 97.6 cm³/mol. The van der Waals surface area contributed by atoms with E-state index in [1.807, 2.05) is 0 Å². The summed E-state index contributed by atoms with van der Waals surface area (Å²) in [5.74, 6) is -0.842. The van der Waals surface area contributed by atoms with Crippen molar-refractivity contribution < 1.29 is 14.5 Å². The van der Waals surface area contributed by atoms with E-state index < -0.39 is 16.7 Å². The van der Waals surface area contributed by atoms with Crippen molar-refractivity contribution in [2.45, 2.75) is 13.8 Å². The molecule has 0 spiro atoms. The third kappa shape index (κ3) is 3.80. The molecular weight excluding hydrogens is 342 g/mol. The van der Waals surface area contributed by atoms with Crippen LogP contribution in [0, 0.1) is 10.1 Å². The van der Waals surface area contributed by atoms with Crippen LogP contribution in [0.3, 0.4) is 0 Å². The van der Waals surface area contributed by atoms with E-state index in [1.54, 1.807) is 38.1 Å². The molecule has 7 nitrogen and oxygen atoms in total. The number of thiocarbonyl (C=S) groups is 1. The molecule has 0 radical (unpaired) electrons. The molecule has 1 aromatic rings. The Morgan fingerprint density at radius 2 is 1.60 bits per heavy atom. The average Bonchev–Trinajstić information content (AvgIpc) is 2.59. The molecule has 1 aromatic carbocycles. The van der Waals surface area contributed by atoms with E-state index in [2.05, 4.69) is 0 Å². The van der Waals surface area contributed by atoms with Gasteiger partial charge in [-0.3, -0.25) is 29.5 Å². The number of non-ortho nitro benzene ring substituents is 1. The van der Waals surface area contributed by atoms with E-state index in [0.29, 0.717) is 18.7 Å². The minimum absolute atomic E-state index is 0.00108. The fraction of sp³-hybridized carbons (Fsp3) is 0.235. The van der Waals surface area contributed by atoms with Gasteiger partial charge in [-0.25, -0.2) is 0 Å². The van der Waals surface area contributed by atoms with Gasteiger partial charge in [0.15, 0.2) is 5.11 Å². The fourth-order valence-corrected chi connectivity index (χ4v) is 2.79. The van der Waals surface area contributed by atoms with Crippen molar-refractivity contribution in [3.05, 3.63) is 57.7 Å². The van der Waals surface area contributed by atoms with Gasteiger partial charge in [0.1, 0.15) is 5.57 Å². The van der Waals surface area contributed by atoms with Crippen LogP contribution in [0.4, 0.5) is 5.69 Å². The Bertz CT molecular complexity index is 756. The Morgan fingerprint density at radius 1 is 1.08 bits per heavy atom. The monoisotopic (exact) mass is 359 g/mol. The molecule has 0 unspecified atom stereocenters. The molecule has 0 atom stereocenters. The van der Waals surface area contributed by atoms with E-state index in [9.17, 15) is 19.7 Å². The molecular formula is C17H17N3O4S. The number of nitrogens with zero attached hydrogens (tertiary/aromatic N) is 3. The molecule has 0 aliphatic carbocycles. The zero-order valence-corrected chi connectivity index (χ0v) is 14.7. The van der Waals surface area contributed by atoms with E-state index in [1.165, 1.54) is 28.0 Å². The minimum atomic E-state index is -0.476. The van der Waals surface area contributed by atoms with Crippen molar-refractivity contribution >= 4 is 40.9 Å². The Labute approximate surface area is 150 Å². The van der Waals surface area contributed by atoms with Gasteiger partial charge in [-0.15, -0.1) is 0 Å². The zero-order valence-electron chi connectivity index (χ0n) is 13.8. The summed E-state index contributed by atoms with van der Waals surface area (Å²) in [6, 6.07) is 5.95. The van der Waals surface area contributed by atoms with Crippen molar-refractivity contribution in [1.29, 1.82) is 0 Å². The highest BCUT2D eigenvalue weighted by Gasteiger charge is 2.37. The summed E-state index contributed by atoms with van der Waals surface area (Å²) in [7, 11) is 0. The van der Waals surface area contributed by atoms with Crippen molar-refractivity contribution in [3.8, 4) is 0 Å². The molecule has 1 aliphatic rings. The van der Waals surface area contributed by atoms with E-state index in [-0.39, 0.29) is 16.4 Å². The molecule has 2 amide bonds. The molecule has 8 heteroatoms. The Hall–Kier alpha value is -2.87. The van der Waals surface area contributed by atoms with Gasteiger partial charge in [-0.1, -0.05) is 12.2 Å². The summed E-state index contributed by atoms with van der Waals surface area (Å²) in [6.07, 6.45) is 4.68. The lowest BCUT2D eigenvalue weighted by Gasteiger charge is -2.35. The third-order valence-corrected chi connectivity index (χ3v) is 4.14. The molecule has 130 valence electrons. The van der Waals surface area contributed by atoms with Gasteiger partial charge >= 0.3 is 0 Å². The normalized spacial score (nSPS) is 15.3. The van der Waals surface area contributed by atoms with Crippen LogP contribution in [0.1, 0.15) is 19.4 Å². The average molecular weight is 359 g/mol. The van der Waals surface area contributed by atoms with Gasteiger partial charge in [0.25, 0.3) is 17.5 Å². The summed E-state index contributed by atoms with van der Waals surface area (Å²) < 4.78 is 0. The zero-order chi connectivity index (χ0) is 18.6. The Morgan fingerprint density at radius 3 is 2.04 bits per heavy atom. The predicted octanol–water partition coefficient (Wildman–Crippen LogP) is 2.53. The van der Waals surface area contributed by atoms with Gasteiger partial charge in [-0.05, 0) is 49.8 Å². The van der Waals surface area contributed by atoms with Crippen LogP contribution in [-0.2, 0) is 9.59 Å². The number of carbonyl (C=O) groups is 2. The molecule has 0 aromatic heterocycles. The van der Waals surface area contributed by atoms with Crippen LogP contribution >= 0.6 is 12.2 Å². The number of carbonyl (C=O) groups excluding carboxylic acids is 2. The maximum absolute atomic E-state index is 12.4. The van der Waals surface area contributed by atoms with Gasteiger partial charge in [-0.2, -0.15) is 0 Å². The lowest BCUT2D eigenvalue weighted by molar-refractivity contribution is -0.384. The van der Waals surface area contributed by atoms with Crippen LogP contribution < -0.4 is 0 Å². The molecule has 0 saturated carbocycles. The standard InChI is InChI=1S/C17H17N3O4S/c1-3-18-15(21)14(16(22)19(4-2)17(18)25)7-5-6-12-8-10-13(11-9-12)20(23)24/h5-11H,3-4H2,1-2H3. The van der Waals surface area contributed by atoms with Crippen LogP contribution in [0.5, 0.6) is 0 Å². The highest BCUT2D eigenvalue weighted by molar-refractivity contribution is 7.80. The molecule has 1 heterocycles. The molecule has 0 N–H and O–H groups in total. The fourth-order valence-electron chi connectivity index (χ4n) is 2.36. The van der Waals surface area contributed by atoms with Gasteiger partial charge in [0.2, 0.25) is 0 Å². The van der Waals surface area contributed by atoms with Crippen molar-refractivity contribution in [3.63, 3.8) is 0 Å². The summed E-state index contributed by atoms with van der Waals surface area (Å²) in [6.45, 7) is 4.34. The minimum Gasteiger partial charge on any atom is -0.285 e. The molecule has 0 bridgehead atoms. The lowest BCUT2D eigenvalue weighted by atomic mass is 10.1. The lowest BCUT2D eigenvalue weighted by Crippen LogP contribution is -2.55. The first-order valence-corrected chi connectivity index (χ1v) is 8.12. The smallest absolute Gasteiger partial charge is 0.269 e. The first-order chi connectivity index (χ1) is 11.9. The summed E-state index contributed by atoms with van der Waals surface area (Å²) >= 11 is 5.19. The number of amides is 2. The Kier molecular flexibility index (Phi) is 5.76. The number of nitro benzene ring substituents is 1. The van der Waals surface area contributed by atoms with Crippen molar-refractivity contribution in [2.75, 3.05) is 13.1 Å². The first-order valence-electron chi connectivity index (χ1n) is 7.71. The number of hydrogen-bond donors (Lipinski definition) is 0. The molecule has 1 fully saturated rings. The first kappa shape index (κ1) is 18.5. The number of hydrogen-bond acceptors (Lipinski definition) is 5. The highest BCUT2D eigenvalue weighted by Crippen LogP contribution is 2.18. The topological polar surface area (TPSA) is 83.8 Å².